The van der Waals surface area contributed by atoms with Crippen LogP contribution in [0.5, 0.6) is 5.75 Å². The summed E-state index contributed by atoms with van der Waals surface area (Å²) < 4.78 is 20.3. The van der Waals surface area contributed by atoms with Crippen LogP contribution < -0.4 is 10.1 Å². The van der Waals surface area contributed by atoms with Gasteiger partial charge in [0.2, 0.25) is 0 Å². The Morgan fingerprint density at radius 2 is 2.11 bits per heavy atom. The summed E-state index contributed by atoms with van der Waals surface area (Å²) in [5, 5.41) is 18.8. The van der Waals surface area contributed by atoms with Crippen molar-refractivity contribution in [3.63, 3.8) is 0 Å². The molecule has 28 heavy (non-hydrogen) atoms. The fourth-order valence-electron chi connectivity index (χ4n) is 3.15. The Balaban J connectivity index is 1.77. The number of nitrogens with one attached hydrogen (secondary N) is 1. The van der Waals surface area contributed by atoms with Crippen LogP contribution in [0.25, 0.3) is 17.1 Å². The second kappa shape index (κ2) is 6.76. The first-order chi connectivity index (χ1) is 13.5. The summed E-state index contributed by atoms with van der Waals surface area (Å²) in [7, 11) is 1.37. The van der Waals surface area contributed by atoms with E-state index in [1.54, 1.807) is 22.9 Å². The zero-order valence-electron chi connectivity index (χ0n) is 15.1. The van der Waals surface area contributed by atoms with Crippen molar-refractivity contribution in [2.75, 3.05) is 7.11 Å². The lowest BCUT2D eigenvalue weighted by atomic mass is 10.1. The van der Waals surface area contributed by atoms with Crippen molar-refractivity contribution in [2.24, 2.45) is 0 Å². The molecule has 142 valence electrons. The minimum absolute atomic E-state index is 0.126. The molecule has 1 aromatic heterocycles. The first-order valence-corrected chi connectivity index (χ1v) is 8.47. The lowest BCUT2D eigenvalue weighted by Gasteiger charge is -2.17. The topological polar surface area (TPSA) is 95.1 Å². The highest BCUT2D eigenvalue weighted by atomic mass is 19.1. The molecule has 1 N–H and O–H groups in total. The normalized spacial score (nSPS) is 12.8. The minimum Gasteiger partial charge on any atom is -0.490 e. The maximum atomic E-state index is 13.5. The van der Waals surface area contributed by atoms with Gasteiger partial charge in [-0.25, -0.2) is 14.1 Å². The van der Waals surface area contributed by atoms with Crippen molar-refractivity contribution in [3.05, 3.63) is 75.5 Å². The van der Waals surface area contributed by atoms with Gasteiger partial charge >= 0.3 is 5.69 Å². The smallest absolute Gasteiger partial charge is 0.310 e. The molecule has 1 aliphatic heterocycles. The second-order valence-corrected chi connectivity index (χ2v) is 6.28. The monoisotopic (exact) mass is 381 g/mol. The van der Waals surface area contributed by atoms with E-state index >= 15 is 0 Å². The van der Waals surface area contributed by atoms with Gasteiger partial charge in [0.1, 0.15) is 5.82 Å². The van der Waals surface area contributed by atoms with Gasteiger partial charge in [-0.2, -0.15) is 0 Å². The molecule has 0 fully saturated rings. The summed E-state index contributed by atoms with van der Waals surface area (Å²) in [6, 6.07) is 9.05. The van der Waals surface area contributed by atoms with E-state index in [-0.39, 0.29) is 17.3 Å². The molecular weight excluding hydrogens is 365 g/mol. The molecule has 1 aliphatic rings. The largest absolute Gasteiger partial charge is 0.490 e. The van der Waals surface area contributed by atoms with E-state index in [1.807, 2.05) is 13.1 Å². The molecule has 2 aromatic carbocycles. The number of nitrogens with zero attached hydrogens (tertiary/aromatic N) is 4. The highest BCUT2D eigenvalue weighted by molar-refractivity contribution is 5.70. The first-order valence-electron chi connectivity index (χ1n) is 8.47. The van der Waals surface area contributed by atoms with Crippen LogP contribution >= 0.6 is 0 Å². The molecule has 0 unspecified atom stereocenters. The molecule has 4 rings (SSSR count). The van der Waals surface area contributed by atoms with Crippen molar-refractivity contribution < 1.29 is 14.1 Å². The van der Waals surface area contributed by atoms with E-state index in [2.05, 4.69) is 15.4 Å². The number of ether oxygens (including phenoxy) is 1. The molecule has 9 heteroatoms. The van der Waals surface area contributed by atoms with E-state index in [9.17, 15) is 14.5 Å². The van der Waals surface area contributed by atoms with Crippen LogP contribution in [0.4, 0.5) is 10.1 Å². The van der Waals surface area contributed by atoms with Crippen molar-refractivity contribution in [2.45, 2.75) is 13.5 Å². The predicted octanol–water partition coefficient (Wildman–Crippen LogP) is 3.26. The lowest BCUT2D eigenvalue weighted by molar-refractivity contribution is -0.385. The second-order valence-electron chi connectivity index (χ2n) is 6.28. The Bertz CT molecular complexity index is 1120. The summed E-state index contributed by atoms with van der Waals surface area (Å²) in [6.07, 6.45) is 1.81. The van der Waals surface area contributed by atoms with Crippen molar-refractivity contribution in [1.29, 1.82) is 0 Å². The molecule has 2 heterocycles. The van der Waals surface area contributed by atoms with Gasteiger partial charge in [0.05, 0.1) is 24.3 Å². The number of fused-ring (bicyclic) bond motifs is 1. The quantitative estimate of drug-likeness (QED) is 0.551. The van der Waals surface area contributed by atoms with Gasteiger partial charge in [-0.1, -0.05) is 0 Å². The number of nitro benzene ring substituents is 1. The average Bonchev–Trinajstić information content (AvgIpc) is 3.12. The van der Waals surface area contributed by atoms with E-state index in [0.717, 1.165) is 16.8 Å². The van der Waals surface area contributed by atoms with Gasteiger partial charge in [0.15, 0.2) is 17.4 Å². The van der Waals surface area contributed by atoms with Crippen LogP contribution in [0.15, 0.2) is 42.6 Å². The third-order valence-corrected chi connectivity index (χ3v) is 4.50. The van der Waals surface area contributed by atoms with E-state index in [1.165, 1.54) is 25.3 Å². The standard InChI is InChI=1S/C19H16FN5O3/c1-11-7-13(20)4-5-14(11)16-9-21-10-18-22-19(23-24(16)18)12-3-6-15(25(26)27)17(8-12)28-2/h3-9,21H,10H2,1-2H3. The Morgan fingerprint density at radius 3 is 2.82 bits per heavy atom. The number of hydrogen-bond donors (Lipinski definition) is 1. The van der Waals surface area contributed by atoms with Gasteiger partial charge in [-0.15, -0.1) is 5.10 Å². The number of nitro groups is 1. The van der Waals surface area contributed by atoms with Gasteiger partial charge < -0.3 is 10.1 Å². The van der Waals surface area contributed by atoms with Crippen LogP contribution in [0.3, 0.4) is 0 Å². The summed E-state index contributed by atoms with van der Waals surface area (Å²) in [5.41, 5.74) is 2.81. The lowest BCUT2D eigenvalue weighted by Crippen LogP contribution is -2.20. The molecule has 0 amide bonds. The molecule has 0 bridgehead atoms. The van der Waals surface area contributed by atoms with Crippen LogP contribution in [0.1, 0.15) is 17.0 Å². The predicted molar refractivity (Wildman–Crippen MR) is 100 cm³/mol. The van der Waals surface area contributed by atoms with Crippen LogP contribution in [-0.4, -0.2) is 26.8 Å². The maximum Gasteiger partial charge on any atom is 0.310 e. The molecule has 0 radical (unpaired) electrons. The highest BCUT2D eigenvalue weighted by Gasteiger charge is 2.22. The maximum absolute atomic E-state index is 13.5. The van der Waals surface area contributed by atoms with Crippen LogP contribution in [-0.2, 0) is 6.54 Å². The van der Waals surface area contributed by atoms with Crippen molar-refractivity contribution in [3.8, 4) is 17.1 Å². The Kier molecular flexibility index (Phi) is 4.26. The molecule has 0 spiro atoms. The highest BCUT2D eigenvalue weighted by Crippen LogP contribution is 2.32. The van der Waals surface area contributed by atoms with E-state index in [4.69, 9.17) is 4.74 Å². The molecule has 0 saturated heterocycles. The fraction of sp³-hybridized carbons (Fsp3) is 0.158. The number of benzene rings is 2. The van der Waals surface area contributed by atoms with E-state index < -0.39 is 4.92 Å². The zero-order chi connectivity index (χ0) is 19.8. The molecule has 8 nitrogen and oxygen atoms in total. The van der Waals surface area contributed by atoms with Crippen molar-refractivity contribution in [1.82, 2.24) is 20.1 Å². The SMILES string of the molecule is COc1cc(-c2nc3n(n2)C(c2ccc(F)cc2C)=CNC3)ccc1[N+](=O)[O-]. The summed E-state index contributed by atoms with van der Waals surface area (Å²) in [6.45, 7) is 2.30. The third-order valence-electron chi connectivity index (χ3n) is 4.50. The summed E-state index contributed by atoms with van der Waals surface area (Å²) in [4.78, 5) is 15.1. The fourth-order valence-corrected chi connectivity index (χ4v) is 3.15. The Hall–Kier alpha value is -3.75. The van der Waals surface area contributed by atoms with Crippen LogP contribution in [0.2, 0.25) is 0 Å². The van der Waals surface area contributed by atoms with E-state index in [0.29, 0.717) is 23.8 Å². The third kappa shape index (κ3) is 2.96. The minimum atomic E-state index is -0.504. The summed E-state index contributed by atoms with van der Waals surface area (Å²) >= 11 is 0. The molecule has 3 aromatic rings. The van der Waals surface area contributed by atoms with Gasteiger partial charge in [0, 0.05) is 23.4 Å². The van der Waals surface area contributed by atoms with Gasteiger partial charge in [-0.3, -0.25) is 10.1 Å². The Morgan fingerprint density at radius 1 is 1.29 bits per heavy atom. The number of hydrogen-bond acceptors (Lipinski definition) is 6. The summed E-state index contributed by atoms with van der Waals surface area (Å²) in [5.74, 6) is 0.924. The van der Waals surface area contributed by atoms with Crippen molar-refractivity contribution >= 4 is 11.4 Å². The zero-order valence-corrected chi connectivity index (χ0v) is 15.1. The number of rotatable bonds is 4. The number of methoxy groups -OCH3 is 1. The molecular formula is C19H16FN5O3. The van der Waals surface area contributed by atoms with Crippen LogP contribution in [0, 0.1) is 22.9 Å². The van der Waals surface area contributed by atoms with Gasteiger partial charge in [-0.05, 0) is 42.8 Å². The number of halogens is 1. The Labute approximate surface area is 159 Å². The number of aromatic nitrogens is 3. The molecule has 0 aliphatic carbocycles. The van der Waals surface area contributed by atoms with Gasteiger partial charge in [0.25, 0.3) is 0 Å². The average molecular weight is 381 g/mol. The molecule has 0 atom stereocenters. The number of aryl methyl sites for hydroxylation is 1. The molecule has 0 saturated carbocycles. The first kappa shape index (κ1) is 17.7.